The highest BCUT2D eigenvalue weighted by Crippen LogP contribution is 2.32. The van der Waals surface area contributed by atoms with Gasteiger partial charge in [0, 0.05) is 24.3 Å². The van der Waals surface area contributed by atoms with Crippen LogP contribution in [0, 0.1) is 17.7 Å². The van der Waals surface area contributed by atoms with Crippen LogP contribution >= 0.6 is 11.6 Å². The summed E-state index contributed by atoms with van der Waals surface area (Å²) in [6.07, 6.45) is 0.964. The molecule has 0 spiro atoms. The molecule has 1 aliphatic rings. The Bertz CT molecular complexity index is 1050. The highest BCUT2D eigenvalue weighted by atomic mass is 35.5. The van der Waals surface area contributed by atoms with Crippen LogP contribution in [0.5, 0.6) is 5.75 Å². The van der Waals surface area contributed by atoms with Crippen molar-refractivity contribution in [3.05, 3.63) is 52.8 Å². The summed E-state index contributed by atoms with van der Waals surface area (Å²) in [5.74, 6) is -0.495. The normalized spacial score (nSPS) is 20.0. The molecule has 1 fully saturated rings. The molecule has 1 heterocycles. The number of sulfonamides is 1. The summed E-state index contributed by atoms with van der Waals surface area (Å²) in [6, 6.07) is 8.03. The first-order valence-corrected chi connectivity index (χ1v) is 11.4. The van der Waals surface area contributed by atoms with Crippen molar-refractivity contribution in [2.75, 3.05) is 25.5 Å². The fourth-order valence-electron chi connectivity index (χ4n) is 3.74. The Morgan fingerprint density at radius 1 is 1.17 bits per heavy atom. The molecule has 2 unspecified atom stereocenters. The third-order valence-corrected chi connectivity index (χ3v) is 7.20. The molecule has 0 aliphatic carbocycles. The minimum Gasteiger partial charge on any atom is -0.495 e. The van der Waals surface area contributed by atoms with Gasteiger partial charge in [0.15, 0.2) is 0 Å². The molecule has 3 rings (SSSR count). The number of halogens is 2. The van der Waals surface area contributed by atoms with E-state index in [-0.39, 0.29) is 33.1 Å². The molecule has 0 saturated carbocycles. The van der Waals surface area contributed by atoms with Gasteiger partial charge in [-0.25, -0.2) is 12.8 Å². The van der Waals surface area contributed by atoms with E-state index >= 15 is 0 Å². The lowest BCUT2D eigenvalue weighted by atomic mass is 9.94. The van der Waals surface area contributed by atoms with Crippen molar-refractivity contribution in [2.45, 2.75) is 25.2 Å². The average molecular weight is 455 g/mol. The zero-order chi connectivity index (χ0) is 22.1. The number of benzene rings is 2. The zero-order valence-corrected chi connectivity index (χ0v) is 18.6. The first kappa shape index (κ1) is 22.5. The van der Waals surface area contributed by atoms with Crippen molar-refractivity contribution in [1.82, 2.24) is 4.31 Å². The summed E-state index contributed by atoms with van der Waals surface area (Å²) >= 11 is 5.75. The highest BCUT2D eigenvalue weighted by Gasteiger charge is 2.34. The van der Waals surface area contributed by atoms with E-state index < -0.39 is 21.7 Å². The fraction of sp³-hybridized carbons (Fsp3) is 0.381. The number of hydrogen-bond donors (Lipinski definition) is 1. The minimum absolute atomic E-state index is 0.0592. The largest absolute Gasteiger partial charge is 0.495 e. The lowest BCUT2D eigenvalue weighted by Gasteiger charge is -2.34. The van der Waals surface area contributed by atoms with Gasteiger partial charge in [0.05, 0.1) is 12.1 Å². The van der Waals surface area contributed by atoms with Crippen LogP contribution in [0.25, 0.3) is 0 Å². The number of ether oxygens (including phenoxy) is 1. The summed E-state index contributed by atoms with van der Waals surface area (Å²) in [7, 11) is -2.47. The van der Waals surface area contributed by atoms with Gasteiger partial charge in [-0.2, -0.15) is 4.31 Å². The van der Waals surface area contributed by atoms with Gasteiger partial charge in [-0.1, -0.05) is 25.4 Å². The third kappa shape index (κ3) is 4.77. The molecule has 6 nitrogen and oxygen atoms in total. The predicted octanol–water partition coefficient (Wildman–Crippen LogP) is 4.41. The van der Waals surface area contributed by atoms with Crippen LogP contribution in [-0.2, 0) is 10.0 Å². The fourth-order valence-corrected chi connectivity index (χ4v) is 5.78. The van der Waals surface area contributed by atoms with Gasteiger partial charge in [-0.15, -0.1) is 0 Å². The first-order chi connectivity index (χ1) is 14.1. The molecular weight excluding hydrogens is 431 g/mol. The quantitative estimate of drug-likeness (QED) is 0.726. The Morgan fingerprint density at radius 3 is 2.43 bits per heavy atom. The van der Waals surface area contributed by atoms with Crippen LogP contribution in [0.2, 0.25) is 5.02 Å². The molecule has 1 saturated heterocycles. The topological polar surface area (TPSA) is 75.7 Å². The monoisotopic (exact) mass is 454 g/mol. The van der Waals surface area contributed by atoms with Crippen molar-refractivity contribution < 1.29 is 22.3 Å². The number of amides is 1. The van der Waals surface area contributed by atoms with Crippen LogP contribution in [0.1, 0.15) is 30.6 Å². The van der Waals surface area contributed by atoms with Gasteiger partial charge in [0.2, 0.25) is 10.0 Å². The van der Waals surface area contributed by atoms with E-state index in [1.54, 1.807) is 0 Å². The van der Waals surface area contributed by atoms with Crippen molar-refractivity contribution >= 4 is 33.2 Å². The zero-order valence-electron chi connectivity index (χ0n) is 17.0. The number of hydrogen-bond acceptors (Lipinski definition) is 4. The Balaban J connectivity index is 1.92. The summed E-state index contributed by atoms with van der Waals surface area (Å²) in [6.45, 7) is 4.88. The maximum Gasteiger partial charge on any atom is 0.255 e. The van der Waals surface area contributed by atoms with Crippen molar-refractivity contribution in [2.24, 2.45) is 11.8 Å². The number of nitrogens with zero attached hydrogens (tertiary/aromatic N) is 1. The van der Waals surface area contributed by atoms with E-state index in [0.29, 0.717) is 18.8 Å². The van der Waals surface area contributed by atoms with Gasteiger partial charge in [0.25, 0.3) is 5.91 Å². The molecule has 2 aromatic rings. The number of carbonyl (C=O) groups excluding carboxylic acids is 1. The molecular formula is C21H24ClFN2O4S. The second kappa shape index (κ2) is 8.91. The molecule has 0 aromatic heterocycles. The Labute approximate surface area is 181 Å². The summed E-state index contributed by atoms with van der Waals surface area (Å²) in [5, 5.41) is 2.47. The lowest BCUT2D eigenvalue weighted by molar-refractivity contribution is 0.102. The van der Waals surface area contributed by atoms with Crippen LogP contribution in [-0.4, -0.2) is 38.8 Å². The molecule has 1 aliphatic heterocycles. The first-order valence-electron chi connectivity index (χ1n) is 9.56. The van der Waals surface area contributed by atoms with E-state index in [1.165, 1.54) is 41.7 Å². The van der Waals surface area contributed by atoms with Crippen LogP contribution < -0.4 is 10.1 Å². The van der Waals surface area contributed by atoms with Gasteiger partial charge >= 0.3 is 0 Å². The van der Waals surface area contributed by atoms with Crippen molar-refractivity contribution in [1.29, 1.82) is 0 Å². The second-order valence-electron chi connectivity index (χ2n) is 7.72. The molecule has 2 atom stereocenters. The molecule has 30 heavy (non-hydrogen) atoms. The molecule has 0 bridgehead atoms. The molecule has 0 radical (unpaired) electrons. The van der Waals surface area contributed by atoms with Gasteiger partial charge < -0.3 is 10.1 Å². The van der Waals surface area contributed by atoms with Crippen molar-refractivity contribution in [3.8, 4) is 5.75 Å². The number of methoxy groups -OCH3 is 1. The second-order valence-corrected chi connectivity index (χ2v) is 10.0. The number of rotatable bonds is 5. The van der Waals surface area contributed by atoms with Gasteiger partial charge in [-0.3, -0.25) is 4.79 Å². The van der Waals surface area contributed by atoms with E-state index in [0.717, 1.165) is 12.5 Å². The van der Waals surface area contributed by atoms with Crippen LogP contribution in [0.15, 0.2) is 41.3 Å². The Morgan fingerprint density at radius 2 is 1.83 bits per heavy atom. The number of anilines is 1. The predicted molar refractivity (Wildman–Crippen MR) is 114 cm³/mol. The average Bonchev–Trinajstić information content (AvgIpc) is 2.69. The highest BCUT2D eigenvalue weighted by molar-refractivity contribution is 7.89. The van der Waals surface area contributed by atoms with Crippen LogP contribution in [0.4, 0.5) is 10.1 Å². The summed E-state index contributed by atoms with van der Waals surface area (Å²) in [5.41, 5.74) is 0.429. The van der Waals surface area contributed by atoms with E-state index in [1.807, 2.05) is 13.8 Å². The molecule has 1 N–H and O–H groups in total. The Kier molecular flexibility index (Phi) is 6.69. The molecule has 1 amide bonds. The van der Waals surface area contributed by atoms with E-state index in [2.05, 4.69) is 5.32 Å². The van der Waals surface area contributed by atoms with Gasteiger partial charge in [-0.05, 0) is 54.7 Å². The van der Waals surface area contributed by atoms with Crippen LogP contribution in [0.3, 0.4) is 0 Å². The SMILES string of the molecule is COc1ccc(C(=O)Nc2ccc(F)c(Cl)c2)cc1S(=O)(=O)N1CC(C)CC(C)C1. The molecule has 9 heteroatoms. The number of piperidine rings is 1. The third-order valence-electron chi connectivity index (χ3n) is 5.06. The standard InChI is InChI=1S/C21H24ClFN2O4S/c1-13-8-14(2)12-25(11-13)30(27,28)20-9-15(4-7-19(20)29-3)21(26)24-16-5-6-18(23)17(22)10-16/h4-7,9-10,13-14H,8,11-12H2,1-3H3,(H,24,26). The number of nitrogens with one attached hydrogen (secondary N) is 1. The minimum atomic E-state index is -3.85. The lowest BCUT2D eigenvalue weighted by Crippen LogP contribution is -2.42. The number of carbonyl (C=O) groups is 1. The molecule has 2 aromatic carbocycles. The summed E-state index contributed by atoms with van der Waals surface area (Å²) < 4.78 is 46.7. The molecule has 162 valence electrons. The Hall–Kier alpha value is -2.16. The summed E-state index contributed by atoms with van der Waals surface area (Å²) in [4.78, 5) is 12.6. The maximum absolute atomic E-state index is 13.3. The van der Waals surface area contributed by atoms with E-state index in [9.17, 15) is 17.6 Å². The van der Waals surface area contributed by atoms with E-state index in [4.69, 9.17) is 16.3 Å². The van der Waals surface area contributed by atoms with Crippen molar-refractivity contribution in [3.63, 3.8) is 0 Å². The smallest absolute Gasteiger partial charge is 0.255 e. The maximum atomic E-state index is 13.3. The van der Waals surface area contributed by atoms with Gasteiger partial charge in [0.1, 0.15) is 16.5 Å².